The highest BCUT2D eigenvalue weighted by Crippen LogP contribution is 2.32. The molecule has 0 aromatic heterocycles. The van der Waals surface area contributed by atoms with Gasteiger partial charge in [-0.25, -0.2) is 8.78 Å². The summed E-state index contributed by atoms with van der Waals surface area (Å²) in [5.41, 5.74) is 1.29. The third kappa shape index (κ3) is 3.03. The summed E-state index contributed by atoms with van der Waals surface area (Å²) < 4.78 is 27.6. The number of nitrogens with zero attached hydrogens (tertiary/aromatic N) is 1. The fourth-order valence-electron chi connectivity index (χ4n) is 2.12. The molecule has 0 radical (unpaired) electrons. The Hall–Kier alpha value is -2.41. The molecule has 0 bridgehead atoms. The minimum absolute atomic E-state index is 0.0169. The summed E-state index contributed by atoms with van der Waals surface area (Å²) in [4.78, 5) is 0. The van der Waals surface area contributed by atoms with E-state index in [1.165, 1.54) is 12.1 Å². The van der Waals surface area contributed by atoms with Crippen molar-refractivity contribution in [2.75, 3.05) is 5.32 Å². The molecule has 0 aliphatic rings. The van der Waals surface area contributed by atoms with E-state index >= 15 is 0 Å². The number of anilines is 2. The normalized spacial score (nSPS) is 11.0. The molecular formula is C17H16F2N2. The first kappa shape index (κ1) is 15.0. The van der Waals surface area contributed by atoms with E-state index in [0.717, 1.165) is 5.56 Å². The van der Waals surface area contributed by atoms with E-state index in [2.05, 4.69) is 5.32 Å². The third-order valence-corrected chi connectivity index (χ3v) is 3.21. The smallest absolute Gasteiger partial charge is 0.183 e. The van der Waals surface area contributed by atoms with Crippen LogP contribution in [0, 0.1) is 23.0 Å². The summed E-state index contributed by atoms with van der Waals surface area (Å²) in [7, 11) is 0. The second kappa shape index (κ2) is 5.53. The third-order valence-electron chi connectivity index (χ3n) is 3.21. The van der Waals surface area contributed by atoms with Crippen LogP contribution in [0.15, 0.2) is 36.4 Å². The van der Waals surface area contributed by atoms with Crippen molar-refractivity contribution in [1.82, 2.24) is 0 Å². The quantitative estimate of drug-likeness (QED) is 0.854. The number of rotatable bonds is 2. The van der Waals surface area contributed by atoms with Gasteiger partial charge in [-0.15, -0.1) is 0 Å². The highest BCUT2D eigenvalue weighted by Gasteiger charge is 2.19. The zero-order valence-corrected chi connectivity index (χ0v) is 12.2. The van der Waals surface area contributed by atoms with Crippen LogP contribution in [0.3, 0.4) is 0 Å². The van der Waals surface area contributed by atoms with Gasteiger partial charge in [-0.05, 0) is 29.2 Å². The van der Waals surface area contributed by atoms with Crippen molar-refractivity contribution in [3.05, 3.63) is 59.2 Å². The standard InChI is InChI=1S/C17H16F2N2/c1-17(2,3)12-6-4-5-7-13(12)21-14-9-8-11(10-20)15(18)16(14)19/h4-9,21H,1-3H3. The highest BCUT2D eigenvalue weighted by molar-refractivity contribution is 5.65. The number of para-hydroxylation sites is 1. The van der Waals surface area contributed by atoms with Crippen LogP contribution in [-0.4, -0.2) is 0 Å². The summed E-state index contributed by atoms with van der Waals surface area (Å²) in [6, 6.07) is 11.7. The van der Waals surface area contributed by atoms with E-state index < -0.39 is 11.6 Å². The van der Waals surface area contributed by atoms with Gasteiger partial charge in [-0.2, -0.15) is 5.26 Å². The first-order chi connectivity index (χ1) is 9.84. The van der Waals surface area contributed by atoms with Gasteiger partial charge in [-0.3, -0.25) is 0 Å². The Labute approximate surface area is 123 Å². The largest absolute Gasteiger partial charge is 0.353 e. The van der Waals surface area contributed by atoms with Crippen LogP contribution in [0.4, 0.5) is 20.2 Å². The fraction of sp³-hybridized carbons (Fsp3) is 0.235. The van der Waals surface area contributed by atoms with Crippen molar-refractivity contribution in [2.24, 2.45) is 0 Å². The van der Waals surface area contributed by atoms with Crippen LogP contribution in [-0.2, 0) is 5.41 Å². The van der Waals surface area contributed by atoms with E-state index in [0.29, 0.717) is 5.69 Å². The predicted octanol–water partition coefficient (Wildman–Crippen LogP) is 4.88. The summed E-state index contributed by atoms with van der Waals surface area (Å²) in [6.45, 7) is 6.13. The Balaban J connectivity index is 2.45. The number of halogens is 2. The average Bonchev–Trinajstić information content (AvgIpc) is 2.44. The summed E-state index contributed by atoms with van der Waals surface area (Å²) in [5.74, 6) is -2.17. The first-order valence-corrected chi connectivity index (χ1v) is 6.59. The van der Waals surface area contributed by atoms with Crippen molar-refractivity contribution in [2.45, 2.75) is 26.2 Å². The van der Waals surface area contributed by atoms with Crippen molar-refractivity contribution in [3.63, 3.8) is 0 Å². The molecule has 0 saturated heterocycles. The van der Waals surface area contributed by atoms with Gasteiger partial charge < -0.3 is 5.32 Å². The molecule has 1 N–H and O–H groups in total. The van der Waals surface area contributed by atoms with Gasteiger partial charge in [0.05, 0.1) is 11.3 Å². The molecule has 108 valence electrons. The lowest BCUT2D eigenvalue weighted by molar-refractivity contribution is 0.509. The SMILES string of the molecule is CC(C)(C)c1ccccc1Nc1ccc(C#N)c(F)c1F. The Kier molecular flexibility index (Phi) is 3.95. The van der Waals surface area contributed by atoms with E-state index in [9.17, 15) is 8.78 Å². The number of benzene rings is 2. The lowest BCUT2D eigenvalue weighted by Crippen LogP contribution is -2.14. The van der Waals surface area contributed by atoms with Crippen LogP contribution in [0.1, 0.15) is 31.9 Å². The van der Waals surface area contributed by atoms with Gasteiger partial charge in [-0.1, -0.05) is 39.0 Å². The maximum atomic E-state index is 14.0. The Bertz CT molecular complexity index is 710. The number of nitriles is 1. The molecule has 0 aliphatic carbocycles. The maximum Gasteiger partial charge on any atom is 0.183 e. The van der Waals surface area contributed by atoms with Crippen LogP contribution >= 0.6 is 0 Å². The van der Waals surface area contributed by atoms with E-state index in [4.69, 9.17) is 5.26 Å². The van der Waals surface area contributed by atoms with E-state index in [1.807, 2.05) is 45.0 Å². The topological polar surface area (TPSA) is 35.8 Å². The second-order valence-electron chi connectivity index (χ2n) is 5.82. The van der Waals surface area contributed by atoms with Gasteiger partial charge in [0.1, 0.15) is 6.07 Å². The molecule has 21 heavy (non-hydrogen) atoms. The average molecular weight is 286 g/mol. The van der Waals surface area contributed by atoms with E-state index in [-0.39, 0.29) is 16.7 Å². The van der Waals surface area contributed by atoms with Crippen molar-refractivity contribution in [1.29, 1.82) is 5.26 Å². The molecule has 0 unspecified atom stereocenters. The molecule has 4 heteroatoms. The minimum Gasteiger partial charge on any atom is -0.353 e. The molecule has 0 fully saturated rings. The molecule has 0 spiro atoms. The number of nitrogens with one attached hydrogen (secondary N) is 1. The molecule has 0 aliphatic heterocycles. The Morgan fingerprint density at radius 1 is 0.952 bits per heavy atom. The second-order valence-corrected chi connectivity index (χ2v) is 5.82. The van der Waals surface area contributed by atoms with Crippen LogP contribution in [0.25, 0.3) is 0 Å². The molecule has 2 aromatic carbocycles. The van der Waals surface area contributed by atoms with Crippen molar-refractivity contribution >= 4 is 11.4 Å². The van der Waals surface area contributed by atoms with Gasteiger partial charge in [0.2, 0.25) is 0 Å². The molecule has 0 atom stereocenters. The zero-order valence-electron chi connectivity index (χ0n) is 12.2. The molecule has 2 aromatic rings. The zero-order chi connectivity index (χ0) is 15.6. The molecule has 0 heterocycles. The maximum absolute atomic E-state index is 14.0. The molecule has 2 rings (SSSR count). The first-order valence-electron chi connectivity index (χ1n) is 6.59. The van der Waals surface area contributed by atoms with Crippen molar-refractivity contribution < 1.29 is 8.78 Å². The number of hydrogen-bond donors (Lipinski definition) is 1. The molecule has 0 saturated carbocycles. The molecule has 2 nitrogen and oxygen atoms in total. The minimum atomic E-state index is -1.13. The lowest BCUT2D eigenvalue weighted by atomic mass is 9.86. The van der Waals surface area contributed by atoms with Crippen LogP contribution in [0.2, 0.25) is 0 Å². The molecule has 0 amide bonds. The van der Waals surface area contributed by atoms with Crippen LogP contribution < -0.4 is 5.32 Å². The van der Waals surface area contributed by atoms with Crippen LogP contribution in [0.5, 0.6) is 0 Å². The highest BCUT2D eigenvalue weighted by atomic mass is 19.2. The Morgan fingerprint density at radius 2 is 1.62 bits per heavy atom. The Morgan fingerprint density at radius 3 is 2.24 bits per heavy atom. The molecular weight excluding hydrogens is 270 g/mol. The van der Waals surface area contributed by atoms with Gasteiger partial charge in [0.25, 0.3) is 0 Å². The summed E-state index contributed by atoms with van der Waals surface area (Å²) in [5, 5.41) is 11.6. The number of hydrogen-bond acceptors (Lipinski definition) is 2. The van der Waals surface area contributed by atoms with Gasteiger partial charge in [0.15, 0.2) is 11.6 Å². The summed E-state index contributed by atoms with van der Waals surface area (Å²) >= 11 is 0. The summed E-state index contributed by atoms with van der Waals surface area (Å²) in [6.07, 6.45) is 0. The van der Waals surface area contributed by atoms with Crippen molar-refractivity contribution in [3.8, 4) is 6.07 Å². The monoisotopic (exact) mass is 286 g/mol. The predicted molar refractivity (Wildman–Crippen MR) is 79.5 cm³/mol. The fourth-order valence-corrected chi connectivity index (χ4v) is 2.12. The van der Waals surface area contributed by atoms with E-state index in [1.54, 1.807) is 6.07 Å². The van der Waals surface area contributed by atoms with Gasteiger partial charge >= 0.3 is 0 Å². The van der Waals surface area contributed by atoms with Gasteiger partial charge in [0, 0.05) is 5.69 Å². The lowest BCUT2D eigenvalue weighted by Gasteiger charge is -2.23.